The second kappa shape index (κ2) is 4.78. The number of ether oxygens (including phenoxy) is 1. The second-order valence-electron chi connectivity index (χ2n) is 5.25. The van der Waals surface area contributed by atoms with E-state index in [9.17, 15) is 0 Å². The van der Waals surface area contributed by atoms with Gasteiger partial charge >= 0.3 is 0 Å². The largest absolute Gasteiger partial charge is 0.488 e. The normalized spacial score (nSPS) is 16.1. The molecule has 1 aromatic carbocycles. The van der Waals surface area contributed by atoms with Crippen molar-refractivity contribution >= 4 is 5.84 Å². The van der Waals surface area contributed by atoms with Crippen LogP contribution in [0.15, 0.2) is 29.3 Å². The quantitative estimate of drug-likeness (QED) is 0.850. The minimum Gasteiger partial charge on any atom is -0.488 e. The van der Waals surface area contributed by atoms with Crippen molar-refractivity contribution in [2.45, 2.75) is 32.8 Å². The first-order valence-corrected chi connectivity index (χ1v) is 6.12. The highest BCUT2D eigenvalue weighted by Crippen LogP contribution is 2.18. The summed E-state index contributed by atoms with van der Waals surface area (Å²) in [5.41, 5.74) is 0.980. The Kier molecular flexibility index (Phi) is 3.36. The van der Waals surface area contributed by atoms with Crippen LogP contribution in [0, 0.1) is 0 Å². The number of amidine groups is 1. The third-order valence-electron chi connectivity index (χ3n) is 2.45. The van der Waals surface area contributed by atoms with Crippen molar-refractivity contribution in [3.63, 3.8) is 0 Å². The molecule has 0 atom stereocenters. The lowest BCUT2D eigenvalue weighted by Crippen LogP contribution is -2.30. The fraction of sp³-hybridized carbons (Fsp3) is 0.500. The van der Waals surface area contributed by atoms with Gasteiger partial charge in [0, 0.05) is 18.7 Å². The van der Waals surface area contributed by atoms with Crippen molar-refractivity contribution in [1.82, 2.24) is 5.32 Å². The van der Waals surface area contributed by atoms with Crippen molar-refractivity contribution in [1.29, 1.82) is 0 Å². The monoisotopic (exact) mass is 232 g/mol. The van der Waals surface area contributed by atoms with Crippen molar-refractivity contribution in [3.8, 4) is 5.75 Å². The van der Waals surface area contributed by atoms with Gasteiger partial charge in [0.2, 0.25) is 0 Å². The number of rotatable bonds is 2. The molecule has 1 aliphatic rings. The molecule has 0 saturated carbocycles. The Morgan fingerprint density at radius 1 is 1.18 bits per heavy atom. The number of nitrogens with zero attached hydrogens (tertiary/aromatic N) is 1. The van der Waals surface area contributed by atoms with Crippen molar-refractivity contribution in [2.24, 2.45) is 4.99 Å². The van der Waals surface area contributed by atoms with Gasteiger partial charge in [-0.1, -0.05) is 0 Å². The number of hydrogen-bond donors (Lipinski definition) is 1. The molecule has 0 spiro atoms. The predicted molar refractivity (Wildman–Crippen MR) is 70.8 cm³/mol. The van der Waals surface area contributed by atoms with Gasteiger partial charge in [-0.2, -0.15) is 0 Å². The first kappa shape index (κ1) is 12.0. The van der Waals surface area contributed by atoms with Crippen molar-refractivity contribution in [2.75, 3.05) is 13.1 Å². The minimum absolute atomic E-state index is 0.151. The number of aliphatic imine (C=N–C) groups is 1. The van der Waals surface area contributed by atoms with Crippen LogP contribution >= 0.6 is 0 Å². The topological polar surface area (TPSA) is 33.6 Å². The second-order valence-corrected chi connectivity index (χ2v) is 5.25. The summed E-state index contributed by atoms with van der Waals surface area (Å²) in [6.45, 7) is 8.08. The molecule has 1 N–H and O–H groups in total. The molecule has 0 amide bonds. The van der Waals surface area contributed by atoms with Crippen LogP contribution in [0.2, 0.25) is 0 Å². The predicted octanol–water partition coefficient (Wildman–Crippen LogP) is 2.60. The van der Waals surface area contributed by atoms with Crippen LogP contribution < -0.4 is 10.1 Å². The third-order valence-corrected chi connectivity index (χ3v) is 2.45. The molecule has 0 radical (unpaired) electrons. The van der Waals surface area contributed by atoms with Crippen LogP contribution in [0.25, 0.3) is 0 Å². The molecule has 17 heavy (non-hydrogen) atoms. The molecular formula is C14H20N2O. The zero-order valence-electron chi connectivity index (χ0n) is 10.8. The first-order chi connectivity index (χ1) is 8.04. The first-order valence-electron chi connectivity index (χ1n) is 6.12. The molecule has 1 heterocycles. The summed E-state index contributed by atoms with van der Waals surface area (Å²) in [7, 11) is 0. The number of benzene rings is 1. The molecular weight excluding hydrogens is 212 g/mol. The Hall–Kier alpha value is -1.51. The van der Waals surface area contributed by atoms with E-state index in [4.69, 9.17) is 4.74 Å². The number of hydrogen-bond acceptors (Lipinski definition) is 3. The van der Waals surface area contributed by atoms with Gasteiger partial charge in [0.25, 0.3) is 0 Å². The van der Waals surface area contributed by atoms with Gasteiger partial charge in [0.05, 0.1) is 0 Å². The van der Waals surface area contributed by atoms with E-state index in [2.05, 4.69) is 22.4 Å². The smallest absolute Gasteiger partial charge is 0.128 e. The zero-order chi connectivity index (χ0) is 12.3. The van der Waals surface area contributed by atoms with Crippen molar-refractivity contribution < 1.29 is 4.74 Å². The van der Waals surface area contributed by atoms with Crippen LogP contribution in [0.1, 0.15) is 32.8 Å². The third kappa shape index (κ3) is 3.48. The van der Waals surface area contributed by atoms with Crippen molar-refractivity contribution in [3.05, 3.63) is 29.8 Å². The average molecular weight is 232 g/mol. The standard InChI is InChI=1S/C14H20N2O/c1-14(2,3)17-12-7-5-11(6-8-12)13-15-9-4-10-16-13/h5-8H,4,9-10H2,1-3H3,(H,15,16). The molecule has 0 saturated heterocycles. The summed E-state index contributed by atoms with van der Waals surface area (Å²) in [6.07, 6.45) is 1.12. The highest BCUT2D eigenvalue weighted by atomic mass is 16.5. The lowest BCUT2D eigenvalue weighted by atomic mass is 10.1. The molecule has 0 aliphatic carbocycles. The molecule has 0 aromatic heterocycles. The molecule has 92 valence electrons. The Labute approximate surface area is 103 Å². The molecule has 3 nitrogen and oxygen atoms in total. The van der Waals surface area contributed by atoms with Gasteiger partial charge in [-0.05, 0) is 51.5 Å². The zero-order valence-corrected chi connectivity index (χ0v) is 10.8. The Bertz CT molecular complexity index is 401. The van der Waals surface area contributed by atoms with Crippen LogP contribution in [0.4, 0.5) is 0 Å². The fourth-order valence-electron chi connectivity index (χ4n) is 1.76. The summed E-state index contributed by atoms with van der Waals surface area (Å²) >= 11 is 0. The van der Waals surface area contributed by atoms with E-state index in [0.717, 1.165) is 36.7 Å². The maximum atomic E-state index is 5.78. The highest BCUT2D eigenvalue weighted by Gasteiger charge is 2.12. The lowest BCUT2D eigenvalue weighted by molar-refractivity contribution is 0.131. The van der Waals surface area contributed by atoms with E-state index in [1.807, 2.05) is 32.9 Å². The summed E-state index contributed by atoms with van der Waals surface area (Å²) in [5.74, 6) is 1.90. The fourth-order valence-corrected chi connectivity index (χ4v) is 1.76. The Morgan fingerprint density at radius 2 is 1.88 bits per heavy atom. The van der Waals surface area contributed by atoms with Gasteiger partial charge in [-0.3, -0.25) is 4.99 Å². The SMILES string of the molecule is CC(C)(C)Oc1ccc(C2=NCCCN2)cc1. The van der Waals surface area contributed by atoms with Crippen LogP contribution in [0.3, 0.4) is 0 Å². The number of nitrogens with one attached hydrogen (secondary N) is 1. The molecule has 0 unspecified atom stereocenters. The van der Waals surface area contributed by atoms with Crippen LogP contribution in [-0.4, -0.2) is 24.5 Å². The van der Waals surface area contributed by atoms with Gasteiger partial charge in [0.15, 0.2) is 0 Å². The van der Waals surface area contributed by atoms with Gasteiger partial charge < -0.3 is 10.1 Å². The molecule has 1 aliphatic heterocycles. The highest BCUT2D eigenvalue weighted by molar-refractivity contribution is 5.99. The average Bonchev–Trinajstić information content (AvgIpc) is 2.29. The van der Waals surface area contributed by atoms with Gasteiger partial charge in [-0.25, -0.2) is 0 Å². The van der Waals surface area contributed by atoms with E-state index < -0.39 is 0 Å². The van der Waals surface area contributed by atoms with Gasteiger partial charge in [-0.15, -0.1) is 0 Å². The minimum atomic E-state index is -0.151. The molecule has 1 aromatic rings. The van der Waals surface area contributed by atoms with E-state index in [1.54, 1.807) is 0 Å². The maximum absolute atomic E-state index is 5.78. The van der Waals surface area contributed by atoms with E-state index in [0.29, 0.717) is 0 Å². The van der Waals surface area contributed by atoms with E-state index in [-0.39, 0.29) is 5.60 Å². The molecule has 0 fully saturated rings. The molecule has 3 heteroatoms. The van der Waals surface area contributed by atoms with E-state index >= 15 is 0 Å². The molecule has 0 bridgehead atoms. The maximum Gasteiger partial charge on any atom is 0.128 e. The Balaban J connectivity index is 2.10. The summed E-state index contributed by atoms with van der Waals surface area (Å²) in [4.78, 5) is 4.47. The summed E-state index contributed by atoms with van der Waals surface area (Å²) in [5, 5.41) is 3.31. The summed E-state index contributed by atoms with van der Waals surface area (Å²) in [6, 6.07) is 8.11. The Morgan fingerprint density at radius 3 is 2.41 bits per heavy atom. The lowest BCUT2D eigenvalue weighted by Gasteiger charge is -2.21. The van der Waals surface area contributed by atoms with E-state index in [1.165, 1.54) is 0 Å². The van der Waals surface area contributed by atoms with Gasteiger partial charge in [0.1, 0.15) is 17.2 Å². The molecule has 2 rings (SSSR count). The summed E-state index contributed by atoms with van der Waals surface area (Å²) < 4.78 is 5.78. The van der Waals surface area contributed by atoms with Crippen LogP contribution in [0.5, 0.6) is 5.75 Å². The van der Waals surface area contributed by atoms with Crippen LogP contribution in [-0.2, 0) is 0 Å².